The Balaban J connectivity index is 2.52. The molecule has 0 heterocycles. The van der Waals surface area contributed by atoms with Gasteiger partial charge in [0, 0.05) is 0 Å². The van der Waals surface area contributed by atoms with Crippen molar-refractivity contribution in [3.05, 3.63) is 102 Å². The van der Waals surface area contributed by atoms with Crippen LogP contribution in [0.25, 0.3) is 5.57 Å². The number of nitrogens with zero attached hydrogens (tertiary/aromatic N) is 1. The predicted octanol–water partition coefficient (Wildman–Crippen LogP) is 4.75. The van der Waals surface area contributed by atoms with Crippen LogP contribution in [0.5, 0.6) is 0 Å². The van der Waals surface area contributed by atoms with Crippen molar-refractivity contribution in [1.82, 2.24) is 0 Å². The fraction of sp³-hybridized carbons (Fsp3) is 0. The summed E-state index contributed by atoms with van der Waals surface area (Å²) in [6.45, 7) is 3.64. The van der Waals surface area contributed by atoms with Crippen LogP contribution in [-0.4, -0.2) is 0 Å². The maximum Gasteiger partial charge on any atom is 0.0991 e. The maximum absolute atomic E-state index is 8.96. The lowest BCUT2D eigenvalue weighted by molar-refractivity contribution is 1.50. The molecule has 0 bridgehead atoms. The average molecular weight is 257 g/mol. The molecule has 0 fully saturated rings. The summed E-state index contributed by atoms with van der Waals surface area (Å²) in [5, 5.41) is 8.96. The molecule has 1 heteroatoms. The topological polar surface area (TPSA) is 23.8 Å². The molecule has 2 rings (SSSR count). The Hall–Kier alpha value is -2.85. The van der Waals surface area contributed by atoms with Crippen LogP contribution >= 0.6 is 0 Å². The third-order valence-corrected chi connectivity index (χ3v) is 2.95. The summed E-state index contributed by atoms with van der Waals surface area (Å²) in [6.07, 6.45) is 5.32. The molecule has 96 valence electrons. The Kier molecular flexibility index (Phi) is 4.70. The molecule has 2 aromatic carbocycles. The van der Waals surface area contributed by atoms with Crippen molar-refractivity contribution < 1.29 is 0 Å². The van der Waals surface area contributed by atoms with Crippen molar-refractivity contribution in [2.45, 2.75) is 0 Å². The number of rotatable bonds is 4. The highest BCUT2D eigenvalue weighted by Crippen LogP contribution is 2.23. The van der Waals surface area contributed by atoms with E-state index in [2.05, 4.69) is 36.9 Å². The first-order valence-corrected chi connectivity index (χ1v) is 6.40. The van der Waals surface area contributed by atoms with Gasteiger partial charge in [0.05, 0.1) is 11.6 Å². The lowest BCUT2D eigenvalue weighted by Crippen LogP contribution is -1.87. The van der Waals surface area contributed by atoms with Crippen molar-refractivity contribution in [2.75, 3.05) is 0 Å². The summed E-state index contributed by atoms with van der Waals surface area (Å²) in [7, 11) is 0. The predicted molar refractivity (Wildman–Crippen MR) is 83.9 cm³/mol. The molecule has 0 saturated carbocycles. The van der Waals surface area contributed by atoms with Crippen LogP contribution in [0.15, 0.2) is 91.0 Å². The van der Waals surface area contributed by atoms with Crippen LogP contribution in [0, 0.1) is 11.3 Å². The normalized spacial score (nSPS) is 10.4. The van der Waals surface area contributed by atoms with E-state index in [-0.39, 0.29) is 0 Å². The minimum atomic E-state index is 0.550. The van der Waals surface area contributed by atoms with Crippen molar-refractivity contribution in [1.29, 1.82) is 5.26 Å². The zero-order chi connectivity index (χ0) is 14.2. The first-order chi connectivity index (χ1) is 9.85. The van der Waals surface area contributed by atoms with Gasteiger partial charge in [0.15, 0.2) is 0 Å². The van der Waals surface area contributed by atoms with Gasteiger partial charge in [0.1, 0.15) is 0 Å². The molecule has 2 aromatic rings. The molecule has 0 saturated heterocycles. The first kappa shape index (κ1) is 13.6. The molecule has 0 aliphatic rings. The largest absolute Gasteiger partial charge is 0.192 e. The summed E-state index contributed by atoms with van der Waals surface area (Å²) < 4.78 is 0. The van der Waals surface area contributed by atoms with E-state index in [1.165, 1.54) is 0 Å². The fourth-order valence-electron chi connectivity index (χ4n) is 1.92. The van der Waals surface area contributed by atoms with Gasteiger partial charge in [-0.3, -0.25) is 0 Å². The molecule has 0 unspecified atom stereocenters. The van der Waals surface area contributed by atoms with Crippen molar-refractivity contribution in [2.24, 2.45) is 0 Å². The lowest BCUT2D eigenvalue weighted by atomic mass is 9.97. The van der Waals surface area contributed by atoms with Gasteiger partial charge in [-0.1, -0.05) is 79.4 Å². The smallest absolute Gasteiger partial charge is 0.0991 e. The standard InChI is InChI=1S/C19H15N/c1-2-16(15-20)13-14-19(17-9-5-3-6-10-17)18-11-7-4-8-12-18/h2-14H,1H2/b16-13-. The molecule has 0 aromatic heterocycles. The van der Waals surface area contributed by atoms with Gasteiger partial charge >= 0.3 is 0 Å². The Morgan fingerprint density at radius 3 is 1.75 bits per heavy atom. The van der Waals surface area contributed by atoms with Gasteiger partial charge < -0.3 is 0 Å². The highest BCUT2D eigenvalue weighted by Gasteiger charge is 2.02. The van der Waals surface area contributed by atoms with E-state index in [9.17, 15) is 0 Å². The molecule has 0 aliphatic carbocycles. The van der Waals surface area contributed by atoms with E-state index < -0.39 is 0 Å². The first-order valence-electron chi connectivity index (χ1n) is 6.40. The second-order valence-corrected chi connectivity index (χ2v) is 4.25. The molecule has 0 aliphatic heterocycles. The number of hydrogen-bond acceptors (Lipinski definition) is 1. The Morgan fingerprint density at radius 1 is 0.850 bits per heavy atom. The monoisotopic (exact) mass is 257 g/mol. The van der Waals surface area contributed by atoms with Gasteiger partial charge in [-0.2, -0.15) is 5.26 Å². The summed E-state index contributed by atoms with van der Waals surface area (Å²) >= 11 is 0. The SMILES string of the molecule is C=C/C(C#N)=C/C=C(c1ccccc1)c1ccccc1. The van der Waals surface area contributed by atoms with Gasteiger partial charge in [-0.15, -0.1) is 0 Å². The highest BCUT2D eigenvalue weighted by molar-refractivity contribution is 5.81. The quantitative estimate of drug-likeness (QED) is 0.572. The molecule has 0 N–H and O–H groups in total. The molecule has 0 spiro atoms. The zero-order valence-corrected chi connectivity index (χ0v) is 11.2. The van der Waals surface area contributed by atoms with Crippen LogP contribution < -0.4 is 0 Å². The van der Waals surface area contributed by atoms with Crippen molar-refractivity contribution >= 4 is 5.57 Å². The minimum absolute atomic E-state index is 0.550. The van der Waals surface area contributed by atoms with Gasteiger partial charge in [-0.05, 0) is 22.8 Å². The molecule has 20 heavy (non-hydrogen) atoms. The number of allylic oxidation sites excluding steroid dienone is 4. The molecular formula is C19H15N. The van der Waals surface area contributed by atoms with Gasteiger partial charge in [0.2, 0.25) is 0 Å². The number of nitriles is 1. The Morgan fingerprint density at radius 2 is 1.35 bits per heavy atom. The third kappa shape index (κ3) is 3.34. The van der Waals surface area contributed by atoms with E-state index in [4.69, 9.17) is 5.26 Å². The second kappa shape index (κ2) is 6.92. The summed E-state index contributed by atoms with van der Waals surface area (Å²) in [4.78, 5) is 0. The van der Waals surface area contributed by atoms with Crippen LogP contribution in [0.4, 0.5) is 0 Å². The lowest BCUT2D eigenvalue weighted by Gasteiger charge is -2.07. The van der Waals surface area contributed by atoms with Gasteiger partial charge in [0.25, 0.3) is 0 Å². The van der Waals surface area contributed by atoms with Gasteiger partial charge in [-0.25, -0.2) is 0 Å². The van der Waals surface area contributed by atoms with Crippen LogP contribution in [0.1, 0.15) is 11.1 Å². The maximum atomic E-state index is 8.96. The zero-order valence-electron chi connectivity index (χ0n) is 11.2. The summed E-state index contributed by atoms with van der Waals surface area (Å²) in [5.41, 5.74) is 3.88. The molecular weight excluding hydrogens is 242 g/mol. The van der Waals surface area contributed by atoms with Crippen LogP contribution in [0.2, 0.25) is 0 Å². The molecule has 0 amide bonds. The molecule has 0 atom stereocenters. The second-order valence-electron chi connectivity index (χ2n) is 4.25. The van der Waals surface area contributed by atoms with E-state index in [0.717, 1.165) is 16.7 Å². The van der Waals surface area contributed by atoms with E-state index >= 15 is 0 Å². The Labute approximate surface area is 119 Å². The van der Waals surface area contributed by atoms with E-state index in [1.54, 1.807) is 12.2 Å². The third-order valence-electron chi connectivity index (χ3n) is 2.95. The molecule has 1 nitrogen and oxygen atoms in total. The van der Waals surface area contributed by atoms with E-state index in [0.29, 0.717) is 5.57 Å². The highest BCUT2D eigenvalue weighted by atomic mass is 14.2. The summed E-state index contributed by atoms with van der Waals surface area (Å²) in [6, 6.07) is 22.4. The summed E-state index contributed by atoms with van der Waals surface area (Å²) in [5.74, 6) is 0. The van der Waals surface area contributed by atoms with Crippen molar-refractivity contribution in [3.63, 3.8) is 0 Å². The number of benzene rings is 2. The van der Waals surface area contributed by atoms with Crippen molar-refractivity contribution in [3.8, 4) is 6.07 Å². The number of hydrogen-bond donors (Lipinski definition) is 0. The minimum Gasteiger partial charge on any atom is -0.192 e. The van der Waals surface area contributed by atoms with E-state index in [1.807, 2.05) is 42.5 Å². The fourth-order valence-corrected chi connectivity index (χ4v) is 1.92. The van der Waals surface area contributed by atoms with Crippen LogP contribution in [0.3, 0.4) is 0 Å². The average Bonchev–Trinajstić information content (AvgIpc) is 2.53. The molecule has 0 radical (unpaired) electrons. The Bertz CT molecular complexity index is 629. The van der Waals surface area contributed by atoms with Crippen LogP contribution in [-0.2, 0) is 0 Å².